The summed E-state index contributed by atoms with van der Waals surface area (Å²) >= 11 is 0. The molecule has 3 nitrogen and oxygen atoms in total. The standard InChI is InChI=1S/C13H20N2O/c1-4-11(5-2)15-12-8-6-10(7-9-12)13(16)14-3/h6-9,11,15H,4-5H2,1-3H3,(H,14,16). The van der Waals surface area contributed by atoms with E-state index in [0.29, 0.717) is 11.6 Å². The highest BCUT2D eigenvalue weighted by molar-refractivity contribution is 5.94. The second-order valence-electron chi connectivity index (χ2n) is 3.81. The number of benzene rings is 1. The smallest absolute Gasteiger partial charge is 0.251 e. The minimum Gasteiger partial charge on any atom is -0.382 e. The van der Waals surface area contributed by atoms with Gasteiger partial charge in [0.15, 0.2) is 0 Å². The Labute approximate surface area is 97.2 Å². The van der Waals surface area contributed by atoms with Crippen LogP contribution < -0.4 is 10.6 Å². The lowest BCUT2D eigenvalue weighted by molar-refractivity contribution is 0.0963. The van der Waals surface area contributed by atoms with Crippen molar-refractivity contribution in [1.29, 1.82) is 0 Å². The molecule has 0 saturated carbocycles. The minimum absolute atomic E-state index is 0.0471. The highest BCUT2D eigenvalue weighted by Crippen LogP contribution is 2.13. The summed E-state index contributed by atoms with van der Waals surface area (Å²) in [6.07, 6.45) is 2.21. The molecular formula is C13H20N2O. The van der Waals surface area contributed by atoms with E-state index in [1.807, 2.05) is 24.3 Å². The van der Waals surface area contributed by atoms with Crippen LogP contribution in [0.5, 0.6) is 0 Å². The molecule has 0 unspecified atom stereocenters. The fraction of sp³-hybridized carbons (Fsp3) is 0.462. The third kappa shape index (κ3) is 3.26. The molecule has 0 atom stereocenters. The molecule has 0 fully saturated rings. The summed E-state index contributed by atoms with van der Waals surface area (Å²) in [5.41, 5.74) is 1.76. The van der Waals surface area contributed by atoms with E-state index in [4.69, 9.17) is 0 Å². The van der Waals surface area contributed by atoms with Crippen molar-refractivity contribution >= 4 is 11.6 Å². The number of carbonyl (C=O) groups is 1. The molecule has 88 valence electrons. The van der Waals surface area contributed by atoms with E-state index in [1.54, 1.807) is 7.05 Å². The second kappa shape index (κ2) is 6.16. The van der Waals surface area contributed by atoms with Gasteiger partial charge < -0.3 is 10.6 Å². The molecule has 0 heterocycles. The number of hydrogen-bond donors (Lipinski definition) is 2. The van der Waals surface area contributed by atoms with E-state index in [0.717, 1.165) is 18.5 Å². The van der Waals surface area contributed by atoms with Gasteiger partial charge in [-0.15, -0.1) is 0 Å². The van der Waals surface area contributed by atoms with Gasteiger partial charge in [0.25, 0.3) is 5.91 Å². The van der Waals surface area contributed by atoms with Crippen LogP contribution in [0.3, 0.4) is 0 Å². The summed E-state index contributed by atoms with van der Waals surface area (Å²) in [4.78, 5) is 11.3. The first-order valence-electron chi connectivity index (χ1n) is 5.79. The molecule has 0 saturated heterocycles. The van der Waals surface area contributed by atoms with Crippen molar-refractivity contribution < 1.29 is 4.79 Å². The van der Waals surface area contributed by atoms with Gasteiger partial charge in [-0.05, 0) is 37.1 Å². The van der Waals surface area contributed by atoms with Crippen LogP contribution >= 0.6 is 0 Å². The molecule has 0 aliphatic rings. The number of rotatable bonds is 5. The van der Waals surface area contributed by atoms with Gasteiger partial charge in [0.2, 0.25) is 0 Å². The number of nitrogens with one attached hydrogen (secondary N) is 2. The fourth-order valence-corrected chi connectivity index (χ4v) is 1.59. The van der Waals surface area contributed by atoms with E-state index in [1.165, 1.54) is 0 Å². The van der Waals surface area contributed by atoms with Crippen LogP contribution in [0.25, 0.3) is 0 Å². The average Bonchev–Trinajstić information content (AvgIpc) is 2.35. The van der Waals surface area contributed by atoms with E-state index < -0.39 is 0 Å². The maximum absolute atomic E-state index is 11.3. The fourth-order valence-electron chi connectivity index (χ4n) is 1.59. The largest absolute Gasteiger partial charge is 0.382 e. The third-order valence-corrected chi connectivity index (χ3v) is 2.73. The maximum Gasteiger partial charge on any atom is 0.251 e. The third-order valence-electron chi connectivity index (χ3n) is 2.73. The molecule has 1 aromatic carbocycles. The molecule has 2 N–H and O–H groups in total. The van der Waals surface area contributed by atoms with Gasteiger partial charge in [0.05, 0.1) is 0 Å². The van der Waals surface area contributed by atoms with Gasteiger partial charge in [0.1, 0.15) is 0 Å². The van der Waals surface area contributed by atoms with E-state index in [2.05, 4.69) is 24.5 Å². The summed E-state index contributed by atoms with van der Waals surface area (Å²) in [5.74, 6) is -0.0471. The molecule has 0 aromatic heterocycles. The molecule has 0 bridgehead atoms. The Morgan fingerprint density at radius 3 is 2.19 bits per heavy atom. The zero-order valence-corrected chi connectivity index (χ0v) is 10.2. The molecule has 0 radical (unpaired) electrons. The molecule has 1 aromatic rings. The Morgan fingerprint density at radius 2 is 1.75 bits per heavy atom. The molecule has 1 amide bonds. The lowest BCUT2D eigenvalue weighted by atomic mass is 10.1. The van der Waals surface area contributed by atoms with Crippen molar-refractivity contribution in [2.75, 3.05) is 12.4 Å². The van der Waals surface area contributed by atoms with Crippen molar-refractivity contribution in [1.82, 2.24) is 5.32 Å². The lowest BCUT2D eigenvalue weighted by Crippen LogP contribution is -2.19. The summed E-state index contributed by atoms with van der Waals surface area (Å²) in [5, 5.41) is 6.04. The van der Waals surface area contributed by atoms with Crippen LogP contribution in [0.15, 0.2) is 24.3 Å². The molecule has 0 spiro atoms. The van der Waals surface area contributed by atoms with Gasteiger partial charge in [-0.25, -0.2) is 0 Å². The van der Waals surface area contributed by atoms with Crippen LogP contribution in [-0.4, -0.2) is 19.0 Å². The maximum atomic E-state index is 11.3. The average molecular weight is 220 g/mol. The number of amides is 1. The summed E-state index contributed by atoms with van der Waals surface area (Å²) < 4.78 is 0. The highest BCUT2D eigenvalue weighted by atomic mass is 16.1. The molecule has 1 rings (SSSR count). The van der Waals surface area contributed by atoms with E-state index >= 15 is 0 Å². The van der Waals surface area contributed by atoms with Gasteiger partial charge in [-0.2, -0.15) is 0 Å². The van der Waals surface area contributed by atoms with Crippen molar-refractivity contribution in [2.45, 2.75) is 32.7 Å². The normalized spacial score (nSPS) is 10.2. The quantitative estimate of drug-likeness (QED) is 0.801. The first-order chi connectivity index (χ1) is 7.71. The highest BCUT2D eigenvalue weighted by Gasteiger charge is 2.05. The first kappa shape index (κ1) is 12.6. The van der Waals surface area contributed by atoms with Crippen LogP contribution in [0.4, 0.5) is 5.69 Å². The van der Waals surface area contributed by atoms with Crippen LogP contribution in [-0.2, 0) is 0 Å². The Hall–Kier alpha value is -1.51. The molecule has 16 heavy (non-hydrogen) atoms. The van der Waals surface area contributed by atoms with E-state index in [9.17, 15) is 4.79 Å². The van der Waals surface area contributed by atoms with Gasteiger partial charge in [-0.1, -0.05) is 13.8 Å². The minimum atomic E-state index is -0.0471. The summed E-state index contributed by atoms with van der Waals surface area (Å²) in [6, 6.07) is 8.07. The van der Waals surface area contributed by atoms with Gasteiger partial charge >= 0.3 is 0 Å². The van der Waals surface area contributed by atoms with Crippen LogP contribution in [0.2, 0.25) is 0 Å². The zero-order valence-electron chi connectivity index (χ0n) is 10.2. The molecule has 0 aliphatic carbocycles. The van der Waals surface area contributed by atoms with Crippen molar-refractivity contribution in [2.24, 2.45) is 0 Å². The predicted octanol–water partition coefficient (Wildman–Crippen LogP) is 2.65. The topological polar surface area (TPSA) is 41.1 Å². The zero-order chi connectivity index (χ0) is 12.0. The number of hydrogen-bond acceptors (Lipinski definition) is 2. The van der Waals surface area contributed by atoms with Crippen molar-refractivity contribution in [3.05, 3.63) is 29.8 Å². The first-order valence-corrected chi connectivity index (χ1v) is 5.79. The SMILES string of the molecule is CCC(CC)Nc1ccc(C(=O)NC)cc1. The number of anilines is 1. The predicted molar refractivity (Wildman–Crippen MR) is 67.8 cm³/mol. The monoisotopic (exact) mass is 220 g/mol. The van der Waals surface area contributed by atoms with E-state index in [-0.39, 0.29) is 5.91 Å². The Morgan fingerprint density at radius 1 is 1.19 bits per heavy atom. The Balaban J connectivity index is 2.67. The lowest BCUT2D eigenvalue weighted by Gasteiger charge is -2.16. The van der Waals surface area contributed by atoms with Crippen molar-refractivity contribution in [3.8, 4) is 0 Å². The number of carbonyl (C=O) groups excluding carboxylic acids is 1. The van der Waals surface area contributed by atoms with Crippen LogP contribution in [0.1, 0.15) is 37.0 Å². The van der Waals surface area contributed by atoms with Crippen molar-refractivity contribution in [3.63, 3.8) is 0 Å². The Bertz CT molecular complexity index is 328. The molecular weight excluding hydrogens is 200 g/mol. The molecule has 3 heteroatoms. The summed E-state index contributed by atoms with van der Waals surface area (Å²) in [7, 11) is 1.64. The van der Waals surface area contributed by atoms with Gasteiger partial charge in [-0.3, -0.25) is 4.79 Å². The van der Waals surface area contributed by atoms with Crippen LogP contribution in [0, 0.1) is 0 Å². The Kier molecular flexibility index (Phi) is 4.83. The van der Waals surface area contributed by atoms with Gasteiger partial charge in [0, 0.05) is 24.3 Å². The second-order valence-corrected chi connectivity index (χ2v) is 3.81. The summed E-state index contributed by atoms with van der Waals surface area (Å²) in [6.45, 7) is 4.33. The molecule has 0 aliphatic heterocycles.